The van der Waals surface area contributed by atoms with E-state index in [0.717, 1.165) is 16.8 Å². The first kappa shape index (κ1) is 16.4. The Labute approximate surface area is 153 Å². The summed E-state index contributed by atoms with van der Waals surface area (Å²) in [5.74, 6) is 0.163. The molecule has 0 bridgehead atoms. The average Bonchev–Trinajstić information content (AvgIpc) is 3.29. The third-order valence-electron chi connectivity index (χ3n) is 4.10. The van der Waals surface area contributed by atoms with Gasteiger partial charge in [-0.2, -0.15) is 0 Å². The van der Waals surface area contributed by atoms with Gasteiger partial charge < -0.3 is 5.32 Å². The maximum Gasteiger partial charge on any atom is 0.262 e. The van der Waals surface area contributed by atoms with E-state index < -0.39 is 0 Å². The number of pyridine rings is 1. The van der Waals surface area contributed by atoms with Gasteiger partial charge in [-0.05, 0) is 48.2 Å². The number of rotatable bonds is 4. The number of carbonyl (C=O) groups excluding carboxylic acids is 1. The van der Waals surface area contributed by atoms with Crippen molar-refractivity contribution in [3.8, 4) is 11.1 Å². The first-order valence-corrected chi connectivity index (χ1v) is 8.95. The number of aromatic nitrogens is 3. The molecular formula is C19H15FN4OS. The van der Waals surface area contributed by atoms with Crippen LogP contribution in [0.3, 0.4) is 0 Å². The quantitative estimate of drug-likeness (QED) is 0.592. The van der Waals surface area contributed by atoms with Crippen LogP contribution in [-0.2, 0) is 0 Å². The summed E-state index contributed by atoms with van der Waals surface area (Å²) in [5.41, 5.74) is 2.32. The predicted molar refractivity (Wildman–Crippen MR) is 98.6 cm³/mol. The highest BCUT2D eigenvalue weighted by Crippen LogP contribution is 2.29. The highest BCUT2D eigenvalue weighted by atomic mass is 32.1. The van der Waals surface area contributed by atoms with Gasteiger partial charge in [0, 0.05) is 11.8 Å². The summed E-state index contributed by atoms with van der Waals surface area (Å²) >= 11 is 1.35. The fourth-order valence-electron chi connectivity index (χ4n) is 2.82. The monoisotopic (exact) mass is 366 g/mol. The molecule has 0 radical (unpaired) electrons. The highest BCUT2D eigenvalue weighted by Gasteiger charge is 2.20. The molecule has 0 saturated heterocycles. The predicted octanol–water partition coefficient (Wildman–Crippen LogP) is 4.09. The number of benzene rings is 1. The van der Waals surface area contributed by atoms with Crippen LogP contribution in [0.2, 0.25) is 0 Å². The zero-order chi connectivity index (χ0) is 18.1. The van der Waals surface area contributed by atoms with E-state index in [9.17, 15) is 9.18 Å². The summed E-state index contributed by atoms with van der Waals surface area (Å²) in [7, 11) is 0. The number of carbonyl (C=O) groups is 1. The van der Waals surface area contributed by atoms with Crippen LogP contribution in [0, 0.1) is 5.82 Å². The maximum absolute atomic E-state index is 13.2. The SMILES string of the molecule is C[C@H](NC(=O)c1sccc1-c1ccc(F)cc1)c1nnc2ccccn12. The van der Waals surface area contributed by atoms with Crippen LogP contribution < -0.4 is 5.32 Å². The third-order valence-corrected chi connectivity index (χ3v) is 5.01. The average molecular weight is 366 g/mol. The highest BCUT2D eigenvalue weighted by molar-refractivity contribution is 7.12. The van der Waals surface area contributed by atoms with Crippen molar-refractivity contribution in [1.29, 1.82) is 0 Å². The van der Waals surface area contributed by atoms with E-state index in [4.69, 9.17) is 0 Å². The normalized spacial score (nSPS) is 12.2. The van der Waals surface area contributed by atoms with Crippen LogP contribution >= 0.6 is 11.3 Å². The van der Waals surface area contributed by atoms with Gasteiger partial charge in [-0.3, -0.25) is 9.20 Å². The molecule has 3 aromatic heterocycles. The van der Waals surface area contributed by atoms with E-state index in [1.807, 2.05) is 47.2 Å². The van der Waals surface area contributed by atoms with Gasteiger partial charge in [0.2, 0.25) is 0 Å². The Bertz CT molecular complexity index is 1070. The van der Waals surface area contributed by atoms with Crippen LogP contribution in [0.4, 0.5) is 4.39 Å². The molecule has 1 aromatic carbocycles. The lowest BCUT2D eigenvalue weighted by Gasteiger charge is -2.12. The number of halogens is 1. The molecule has 0 unspecified atom stereocenters. The number of nitrogens with zero attached hydrogens (tertiary/aromatic N) is 3. The van der Waals surface area contributed by atoms with Gasteiger partial charge in [0.05, 0.1) is 10.9 Å². The molecule has 5 nitrogen and oxygen atoms in total. The first-order valence-electron chi connectivity index (χ1n) is 8.07. The Morgan fingerprint density at radius 1 is 1.15 bits per heavy atom. The number of nitrogens with one attached hydrogen (secondary N) is 1. The summed E-state index contributed by atoms with van der Waals surface area (Å²) in [6.07, 6.45) is 1.86. The molecule has 26 heavy (non-hydrogen) atoms. The molecule has 1 amide bonds. The van der Waals surface area contributed by atoms with Gasteiger partial charge in [0.15, 0.2) is 11.5 Å². The summed E-state index contributed by atoms with van der Waals surface area (Å²) in [4.78, 5) is 13.4. The van der Waals surface area contributed by atoms with E-state index >= 15 is 0 Å². The van der Waals surface area contributed by atoms with Crippen molar-refractivity contribution in [2.24, 2.45) is 0 Å². The Balaban J connectivity index is 1.59. The van der Waals surface area contributed by atoms with Crippen molar-refractivity contribution in [2.75, 3.05) is 0 Å². The molecule has 0 fully saturated rings. The van der Waals surface area contributed by atoms with Gasteiger partial charge in [0.1, 0.15) is 5.82 Å². The van der Waals surface area contributed by atoms with Gasteiger partial charge in [-0.25, -0.2) is 4.39 Å². The van der Waals surface area contributed by atoms with E-state index in [2.05, 4.69) is 15.5 Å². The zero-order valence-electron chi connectivity index (χ0n) is 13.9. The zero-order valence-corrected chi connectivity index (χ0v) is 14.7. The third kappa shape index (κ3) is 2.97. The molecule has 4 rings (SSSR count). The Morgan fingerprint density at radius 3 is 2.77 bits per heavy atom. The van der Waals surface area contributed by atoms with E-state index in [-0.39, 0.29) is 17.8 Å². The van der Waals surface area contributed by atoms with Crippen molar-refractivity contribution < 1.29 is 9.18 Å². The van der Waals surface area contributed by atoms with Gasteiger partial charge in [-0.1, -0.05) is 18.2 Å². The lowest BCUT2D eigenvalue weighted by molar-refractivity contribution is 0.0943. The number of hydrogen-bond donors (Lipinski definition) is 1. The molecule has 0 aliphatic rings. The van der Waals surface area contributed by atoms with Crippen LogP contribution in [0.5, 0.6) is 0 Å². The Morgan fingerprint density at radius 2 is 1.96 bits per heavy atom. The molecule has 0 aliphatic carbocycles. The molecule has 4 aromatic rings. The van der Waals surface area contributed by atoms with E-state index in [1.165, 1.54) is 23.5 Å². The molecule has 7 heteroatoms. The molecule has 1 N–H and O–H groups in total. The maximum atomic E-state index is 13.2. The molecular weight excluding hydrogens is 351 g/mol. The number of hydrogen-bond acceptors (Lipinski definition) is 4. The van der Waals surface area contributed by atoms with Crippen LogP contribution in [0.15, 0.2) is 60.1 Å². The van der Waals surface area contributed by atoms with Crippen molar-refractivity contribution in [1.82, 2.24) is 19.9 Å². The number of thiophene rings is 1. The second-order valence-corrected chi connectivity index (χ2v) is 6.77. The molecule has 0 spiro atoms. The summed E-state index contributed by atoms with van der Waals surface area (Å²) in [5, 5.41) is 13.1. The lowest BCUT2D eigenvalue weighted by atomic mass is 10.1. The minimum absolute atomic E-state index is 0.195. The van der Waals surface area contributed by atoms with E-state index in [0.29, 0.717) is 10.7 Å². The number of amides is 1. The summed E-state index contributed by atoms with van der Waals surface area (Å²) in [6, 6.07) is 13.3. The van der Waals surface area contributed by atoms with Crippen molar-refractivity contribution in [3.63, 3.8) is 0 Å². The van der Waals surface area contributed by atoms with Crippen molar-refractivity contribution in [2.45, 2.75) is 13.0 Å². The van der Waals surface area contributed by atoms with Crippen molar-refractivity contribution in [3.05, 3.63) is 76.6 Å². The van der Waals surface area contributed by atoms with Crippen LogP contribution in [0.1, 0.15) is 28.5 Å². The fourth-order valence-corrected chi connectivity index (χ4v) is 3.64. The fraction of sp³-hybridized carbons (Fsp3) is 0.105. The van der Waals surface area contributed by atoms with Gasteiger partial charge >= 0.3 is 0 Å². The molecule has 1 atom stereocenters. The second-order valence-electron chi connectivity index (χ2n) is 5.85. The molecule has 0 saturated carbocycles. The first-order chi connectivity index (χ1) is 12.6. The summed E-state index contributed by atoms with van der Waals surface area (Å²) in [6.45, 7) is 1.87. The topological polar surface area (TPSA) is 59.3 Å². The standard InChI is InChI=1S/C19H15FN4OS/c1-12(18-23-22-16-4-2-3-10-24(16)18)21-19(25)17-15(9-11-26-17)13-5-7-14(20)8-6-13/h2-12H,1H3,(H,21,25)/t12-/m0/s1. The largest absolute Gasteiger partial charge is 0.342 e. The minimum Gasteiger partial charge on any atom is -0.342 e. The Hall–Kier alpha value is -3.06. The summed E-state index contributed by atoms with van der Waals surface area (Å²) < 4.78 is 15.0. The molecule has 3 heterocycles. The lowest BCUT2D eigenvalue weighted by Crippen LogP contribution is -2.27. The van der Waals surface area contributed by atoms with Crippen LogP contribution in [0.25, 0.3) is 16.8 Å². The minimum atomic E-state index is -0.317. The van der Waals surface area contributed by atoms with E-state index in [1.54, 1.807) is 12.1 Å². The van der Waals surface area contributed by atoms with Gasteiger partial charge in [0.25, 0.3) is 5.91 Å². The van der Waals surface area contributed by atoms with Crippen LogP contribution in [-0.4, -0.2) is 20.5 Å². The Kier molecular flexibility index (Phi) is 4.22. The molecule has 130 valence electrons. The smallest absolute Gasteiger partial charge is 0.262 e. The van der Waals surface area contributed by atoms with Crippen molar-refractivity contribution >= 4 is 22.9 Å². The molecule has 0 aliphatic heterocycles. The number of fused-ring (bicyclic) bond motifs is 1. The van der Waals surface area contributed by atoms with Gasteiger partial charge in [-0.15, -0.1) is 21.5 Å². The second kappa shape index (κ2) is 6.68.